The van der Waals surface area contributed by atoms with E-state index in [4.69, 9.17) is 0 Å². The molecule has 26 heavy (non-hydrogen) atoms. The van der Waals surface area contributed by atoms with Crippen molar-refractivity contribution in [3.8, 4) is 0 Å². The smallest absolute Gasteiger partial charge is 0.256 e. The van der Waals surface area contributed by atoms with E-state index >= 15 is 0 Å². The molecule has 0 radical (unpaired) electrons. The van der Waals surface area contributed by atoms with Crippen LogP contribution in [0.25, 0.3) is 11.0 Å². The molecule has 2 aromatic heterocycles. The van der Waals surface area contributed by atoms with Crippen LogP contribution in [0, 0.1) is 5.82 Å². The largest absolute Gasteiger partial charge is 0.345 e. The van der Waals surface area contributed by atoms with E-state index in [0.29, 0.717) is 24.1 Å². The fourth-order valence-corrected chi connectivity index (χ4v) is 3.43. The molecular weight excluding hydrogens is 335 g/mol. The third-order valence-corrected chi connectivity index (χ3v) is 4.78. The van der Waals surface area contributed by atoms with Crippen LogP contribution in [0.4, 0.5) is 4.39 Å². The number of hydrogen-bond acceptors (Lipinski definition) is 4. The molecule has 3 heterocycles. The van der Waals surface area contributed by atoms with Gasteiger partial charge in [0.05, 0.1) is 29.1 Å². The van der Waals surface area contributed by atoms with Gasteiger partial charge in [-0.25, -0.2) is 9.37 Å². The van der Waals surface area contributed by atoms with Gasteiger partial charge in [-0.1, -0.05) is 0 Å². The van der Waals surface area contributed by atoms with Crippen molar-refractivity contribution in [3.63, 3.8) is 0 Å². The Kier molecular flexibility index (Phi) is 4.42. The predicted octanol–water partition coefficient (Wildman–Crippen LogP) is 1.78. The summed E-state index contributed by atoms with van der Waals surface area (Å²) >= 11 is 0. The first-order valence-electron chi connectivity index (χ1n) is 8.72. The molecule has 1 saturated heterocycles. The maximum Gasteiger partial charge on any atom is 0.256 e. The molecule has 1 amide bonds. The molecule has 1 aliphatic rings. The SMILES string of the molecule is Cn1cc(CN2CCCN(C(=O)c3cc4nc[nH]c4cc3F)CC2)cn1. The highest BCUT2D eigenvalue weighted by molar-refractivity contribution is 5.97. The number of fused-ring (bicyclic) bond motifs is 1. The van der Waals surface area contributed by atoms with E-state index in [1.807, 2.05) is 19.4 Å². The van der Waals surface area contributed by atoms with Gasteiger partial charge < -0.3 is 9.88 Å². The number of aromatic amines is 1. The molecule has 0 bridgehead atoms. The number of aromatic nitrogens is 4. The van der Waals surface area contributed by atoms with Crippen molar-refractivity contribution < 1.29 is 9.18 Å². The molecule has 0 atom stereocenters. The Morgan fingerprint density at radius 3 is 2.96 bits per heavy atom. The van der Waals surface area contributed by atoms with Crippen molar-refractivity contribution in [2.75, 3.05) is 26.2 Å². The predicted molar refractivity (Wildman–Crippen MR) is 95.1 cm³/mol. The Morgan fingerprint density at radius 2 is 2.15 bits per heavy atom. The van der Waals surface area contributed by atoms with E-state index in [9.17, 15) is 9.18 Å². The first-order chi connectivity index (χ1) is 12.6. The third kappa shape index (κ3) is 3.32. The molecule has 136 valence electrons. The number of rotatable bonds is 3. The molecular formula is C18H21FN6O. The molecule has 0 spiro atoms. The minimum absolute atomic E-state index is 0.0882. The van der Waals surface area contributed by atoms with Gasteiger partial charge in [0.2, 0.25) is 0 Å². The molecule has 1 N–H and O–H groups in total. The quantitative estimate of drug-likeness (QED) is 0.777. The highest BCUT2D eigenvalue weighted by Crippen LogP contribution is 2.19. The van der Waals surface area contributed by atoms with Crippen LogP contribution in [0.3, 0.4) is 0 Å². The summed E-state index contributed by atoms with van der Waals surface area (Å²) in [6.45, 7) is 3.67. The summed E-state index contributed by atoms with van der Waals surface area (Å²) in [6, 6.07) is 2.86. The van der Waals surface area contributed by atoms with Gasteiger partial charge in [0.1, 0.15) is 5.82 Å². The second-order valence-corrected chi connectivity index (χ2v) is 6.70. The highest BCUT2D eigenvalue weighted by Gasteiger charge is 2.23. The summed E-state index contributed by atoms with van der Waals surface area (Å²) in [5.74, 6) is -0.779. The van der Waals surface area contributed by atoms with Gasteiger partial charge in [0, 0.05) is 57.6 Å². The van der Waals surface area contributed by atoms with Gasteiger partial charge in [0.15, 0.2) is 0 Å². The summed E-state index contributed by atoms with van der Waals surface area (Å²) in [5, 5.41) is 4.19. The number of carbonyl (C=O) groups is 1. The lowest BCUT2D eigenvalue weighted by Crippen LogP contribution is -2.35. The summed E-state index contributed by atoms with van der Waals surface area (Å²) in [4.78, 5) is 23.8. The van der Waals surface area contributed by atoms with E-state index < -0.39 is 5.82 Å². The number of aryl methyl sites for hydroxylation is 1. The Labute approximate surface area is 150 Å². The van der Waals surface area contributed by atoms with Gasteiger partial charge in [-0.3, -0.25) is 14.4 Å². The number of nitrogens with one attached hydrogen (secondary N) is 1. The lowest BCUT2D eigenvalue weighted by molar-refractivity contribution is 0.0756. The lowest BCUT2D eigenvalue weighted by Gasteiger charge is -2.22. The molecule has 1 aromatic carbocycles. The molecule has 4 rings (SSSR count). The van der Waals surface area contributed by atoms with E-state index in [2.05, 4.69) is 20.0 Å². The van der Waals surface area contributed by atoms with E-state index in [1.54, 1.807) is 9.58 Å². The number of hydrogen-bond donors (Lipinski definition) is 1. The maximum absolute atomic E-state index is 14.4. The van der Waals surface area contributed by atoms with Crippen LogP contribution >= 0.6 is 0 Å². The summed E-state index contributed by atoms with van der Waals surface area (Å²) in [6.07, 6.45) is 6.23. The van der Waals surface area contributed by atoms with Gasteiger partial charge in [-0.2, -0.15) is 5.10 Å². The van der Waals surface area contributed by atoms with Crippen LogP contribution in [-0.2, 0) is 13.6 Å². The molecule has 1 fully saturated rings. The first kappa shape index (κ1) is 16.7. The monoisotopic (exact) mass is 356 g/mol. The zero-order valence-electron chi connectivity index (χ0n) is 14.7. The number of amides is 1. The van der Waals surface area contributed by atoms with Gasteiger partial charge in [0.25, 0.3) is 5.91 Å². The average molecular weight is 356 g/mol. The Hall–Kier alpha value is -2.74. The Morgan fingerprint density at radius 1 is 1.27 bits per heavy atom. The van der Waals surface area contributed by atoms with Gasteiger partial charge >= 0.3 is 0 Å². The topological polar surface area (TPSA) is 70.1 Å². The minimum Gasteiger partial charge on any atom is -0.345 e. The van der Waals surface area contributed by atoms with Crippen molar-refractivity contribution in [2.45, 2.75) is 13.0 Å². The number of halogens is 1. The van der Waals surface area contributed by atoms with E-state index in [0.717, 1.165) is 31.6 Å². The van der Waals surface area contributed by atoms with Gasteiger partial charge in [-0.15, -0.1) is 0 Å². The third-order valence-electron chi connectivity index (χ3n) is 4.78. The molecule has 0 unspecified atom stereocenters. The minimum atomic E-state index is -0.511. The molecule has 0 saturated carbocycles. The fraction of sp³-hybridized carbons (Fsp3) is 0.389. The van der Waals surface area contributed by atoms with Crippen molar-refractivity contribution in [2.24, 2.45) is 7.05 Å². The van der Waals surface area contributed by atoms with Crippen LogP contribution < -0.4 is 0 Å². The molecule has 1 aliphatic heterocycles. The van der Waals surface area contributed by atoms with Gasteiger partial charge in [-0.05, 0) is 12.5 Å². The number of H-pyrrole nitrogens is 1. The van der Waals surface area contributed by atoms with E-state index in [-0.39, 0.29) is 11.5 Å². The summed E-state index contributed by atoms with van der Waals surface area (Å²) < 4.78 is 16.1. The highest BCUT2D eigenvalue weighted by atomic mass is 19.1. The summed E-state index contributed by atoms with van der Waals surface area (Å²) in [7, 11) is 1.90. The normalized spacial score (nSPS) is 16.2. The number of benzene rings is 1. The van der Waals surface area contributed by atoms with Crippen molar-refractivity contribution in [3.05, 3.63) is 47.8 Å². The van der Waals surface area contributed by atoms with Crippen molar-refractivity contribution in [1.82, 2.24) is 29.5 Å². The van der Waals surface area contributed by atoms with Crippen LogP contribution in [-0.4, -0.2) is 61.6 Å². The zero-order chi connectivity index (χ0) is 18.1. The lowest BCUT2D eigenvalue weighted by atomic mass is 10.1. The second-order valence-electron chi connectivity index (χ2n) is 6.70. The van der Waals surface area contributed by atoms with Crippen LogP contribution in [0.2, 0.25) is 0 Å². The van der Waals surface area contributed by atoms with Crippen LogP contribution in [0.15, 0.2) is 30.9 Å². The summed E-state index contributed by atoms with van der Waals surface area (Å²) in [5.41, 5.74) is 2.44. The van der Waals surface area contributed by atoms with E-state index in [1.165, 1.54) is 18.5 Å². The molecule has 7 nitrogen and oxygen atoms in total. The maximum atomic E-state index is 14.4. The average Bonchev–Trinajstić information content (AvgIpc) is 3.17. The van der Waals surface area contributed by atoms with Crippen LogP contribution in [0.5, 0.6) is 0 Å². The number of carbonyl (C=O) groups excluding carboxylic acids is 1. The molecule has 3 aromatic rings. The number of nitrogens with zero attached hydrogens (tertiary/aromatic N) is 5. The molecule has 0 aliphatic carbocycles. The fourth-order valence-electron chi connectivity index (χ4n) is 3.43. The first-order valence-corrected chi connectivity index (χ1v) is 8.72. The second kappa shape index (κ2) is 6.87. The van der Waals surface area contributed by atoms with Crippen LogP contribution in [0.1, 0.15) is 22.3 Å². The number of imidazole rings is 1. The Balaban J connectivity index is 1.45. The van der Waals surface area contributed by atoms with Crippen molar-refractivity contribution >= 4 is 16.9 Å². The standard InChI is InChI=1S/C18H21FN6O/c1-23-10-13(9-22-23)11-24-3-2-4-25(6-5-24)18(26)14-7-16-17(8-15(14)19)21-12-20-16/h7-10,12H,2-6,11H2,1H3,(H,20,21). The zero-order valence-corrected chi connectivity index (χ0v) is 14.7. The van der Waals surface area contributed by atoms with Crippen molar-refractivity contribution in [1.29, 1.82) is 0 Å². The Bertz CT molecular complexity index is 933. The molecule has 8 heteroatoms.